The Morgan fingerprint density at radius 1 is 1.30 bits per heavy atom. The minimum Gasteiger partial charge on any atom is -0.349 e. The first-order valence-corrected chi connectivity index (χ1v) is 7.64. The van der Waals surface area contributed by atoms with E-state index in [1.54, 1.807) is 13.8 Å². The molecule has 1 N–H and O–H groups in total. The van der Waals surface area contributed by atoms with Crippen molar-refractivity contribution in [2.24, 2.45) is 0 Å². The van der Waals surface area contributed by atoms with Crippen molar-refractivity contribution in [1.82, 2.24) is 24.8 Å². The number of carbonyl (C=O) groups is 1. The summed E-state index contributed by atoms with van der Waals surface area (Å²) in [6.07, 6.45) is 5.28. The molecule has 1 saturated carbocycles. The first-order chi connectivity index (χ1) is 11.0. The van der Waals surface area contributed by atoms with Gasteiger partial charge in [-0.15, -0.1) is 0 Å². The predicted octanol–water partition coefficient (Wildman–Crippen LogP) is 0.844. The van der Waals surface area contributed by atoms with Gasteiger partial charge in [0.1, 0.15) is 12.9 Å². The van der Waals surface area contributed by atoms with Crippen molar-refractivity contribution in [3.8, 4) is 0 Å². The number of rotatable bonds is 5. The second kappa shape index (κ2) is 6.28. The van der Waals surface area contributed by atoms with E-state index in [-0.39, 0.29) is 18.0 Å². The van der Waals surface area contributed by atoms with Crippen LogP contribution in [0.5, 0.6) is 0 Å². The number of aryl methyl sites for hydroxylation is 1. The van der Waals surface area contributed by atoms with E-state index < -0.39 is 0 Å². The largest absolute Gasteiger partial charge is 0.349 e. The van der Waals surface area contributed by atoms with E-state index in [1.165, 1.54) is 30.1 Å². The molecule has 2 aromatic heterocycles. The average molecular weight is 313 g/mol. The molecule has 23 heavy (non-hydrogen) atoms. The fourth-order valence-electron chi connectivity index (χ4n) is 2.30. The quantitative estimate of drug-likeness (QED) is 0.883. The number of carbonyl (C=O) groups excluding carboxylic acids is 1. The van der Waals surface area contributed by atoms with Crippen LogP contribution >= 0.6 is 0 Å². The maximum Gasteiger partial charge on any atom is 0.256 e. The summed E-state index contributed by atoms with van der Waals surface area (Å²) in [5.41, 5.74) is 2.87. The van der Waals surface area contributed by atoms with Crippen molar-refractivity contribution in [1.29, 1.82) is 0 Å². The molecule has 0 aromatic carbocycles. The Labute approximate surface area is 133 Å². The number of hydrogen-bond acceptors (Lipinski definition) is 5. The Hall–Kier alpha value is -2.57. The highest BCUT2D eigenvalue weighted by atomic mass is 16.2. The van der Waals surface area contributed by atoms with Crippen molar-refractivity contribution in [3.05, 3.63) is 51.7 Å². The molecule has 7 heteroatoms. The standard InChI is InChI=1S/C16H19N5O2/c1-10-11(2)20-9-21(16(10)23)7-15(22)17-6-13-5-14(12-3-4-12)19-8-18-13/h5,8-9,12H,3-4,6-7H2,1-2H3,(H,17,22). The summed E-state index contributed by atoms with van der Waals surface area (Å²) in [6, 6.07) is 1.93. The second-order valence-electron chi connectivity index (χ2n) is 5.87. The minimum atomic E-state index is -0.247. The molecule has 2 heterocycles. The van der Waals surface area contributed by atoms with Crippen molar-refractivity contribution in [3.63, 3.8) is 0 Å². The van der Waals surface area contributed by atoms with E-state index in [0.717, 1.165) is 11.4 Å². The summed E-state index contributed by atoms with van der Waals surface area (Å²) in [4.78, 5) is 36.6. The molecule has 1 aliphatic carbocycles. The van der Waals surface area contributed by atoms with Crippen LogP contribution in [0.15, 0.2) is 23.5 Å². The molecule has 0 bridgehead atoms. The van der Waals surface area contributed by atoms with E-state index in [0.29, 0.717) is 23.7 Å². The van der Waals surface area contributed by atoms with E-state index in [2.05, 4.69) is 20.3 Å². The monoisotopic (exact) mass is 313 g/mol. The summed E-state index contributed by atoms with van der Waals surface area (Å²) in [6.45, 7) is 3.76. The average Bonchev–Trinajstić information content (AvgIpc) is 3.39. The Bertz CT molecular complexity index is 795. The van der Waals surface area contributed by atoms with Gasteiger partial charge in [-0.2, -0.15) is 0 Å². The highest BCUT2D eigenvalue weighted by Gasteiger charge is 2.25. The predicted molar refractivity (Wildman–Crippen MR) is 83.8 cm³/mol. The lowest BCUT2D eigenvalue weighted by Crippen LogP contribution is -2.33. The smallest absolute Gasteiger partial charge is 0.256 e. The van der Waals surface area contributed by atoms with Gasteiger partial charge in [0.25, 0.3) is 5.56 Å². The van der Waals surface area contributed by atoms with Crippen molar-refractivity contribution < 1.29 is 4.79 Å². The van der Waals surface area contributed by atoms with Crippen LogP contribution in [0, 0.1) is 13.8 Å². The van der Waals surface area contributed by atoms with Gasteiger partial charge in [-0.3, -0.25) is 14.2 Å². The molecular weight excluding hydrogens is 294 g/mol. The van der Waals surface area contributed by atoms with E-state index in [4.69, 9.17) is 0 Å². The Kier molecular flexibility index (Phi) is 4.18. The fourth-order valence-corrected chi connectivity index (χ4v) is 2.30. The lowest BCUT2D eigenvalue weighted by molar-refractivity contribution is -0.121. The summed E-state index contributed by atoms with van der Waals surface area (Å²) in [5, 5.41) is 2.78. The third-order valence-corrected chi connectivity index (χ3v) is 4.04. The summed E-state index contributed by atoms with van der Waals surface area (Å²) in [5.74, 6) is 0.302. The third kappa shape index (κ3) is 3.61. The van der Waals surface area contributed by atoms with Gasteiger partial charge >= 0.3 is 0 Å². The third-order valence-electron chi connectivity index (χ3n) is 4.04. The summed E-state index contributed by atoms with van der Waals surface area (Å²) in [7, 11) is 0. The molecule has 3 rings (SSSR count). The van der Waals surface area contributed by atoms with Crippen LogP contribution in [0.3, 0.4) is 0 Å². The first kappa shape index (κ1) is 15.3. The Morgan fingerprint density at radius 2 is 2.09 bits per heavy atom. The van der Waals surface area contributed by atoms with Crippen LogP contribution in [0.25, 0.3) is 0 Å². The molecule has 7 nitrogen and oxygen atoms in total. The highest BCUT2D eigenvalue weighted by molar-refractivity contribution is 5.75. The van der Waals surface area contributed by atoms with Crippen LogP contribution in [-0.4, -0.2) is 25.4 Å². The van der Waals surface area contributed by atoms with Gasteiger partial charge in [-0.25, -0.2) is 15.0 Å². The highest BCUT2D eigenvalue weighted by Crippen LogP contribution is 2.38. The first-order valence-electron chi connectivity index (χ1n) is 7.64. The number of nitrogens with one attached hydrogen (secondary N) is 1. The molecule has 1 fully saturated rings. The molecule has 0 unspecified atom stereocenters. The molecule has 0 atom stereocenters. The normalized spacial score (nSPS) is 13.8. The van der Waals surface area contributed by atoms with E-state index in [1.807, 2.05) is 6.07 Å². The zero-order valence-corrected chi connectivity index (χ0v) is 13.2. The van der Waals surface area contributed by atoms with Crippen molar-refractivity contribution >= 4 is 5.91 Å². The molecular formula is C16H19N5O2. The number of amides is 1. The van der Waals surface area contributed by atoms with Crippen LogP contribution in [-0.2, 0) is 17.9 Å². The molecule has 0 aliphatic heterocycles. The number of aromatic nitrogens is 4. The molecule has 120 valence electrons. The molecule has 0 spiro atoms. The SMILES string of the molecule is Cc1ncn(CC(=O)NCc2cc(C3CC3)ncn2)c(=O)c1C. The summed E-state index contributed by atoms with van der Waals surface area (Å²) < 4.78 is 1.31. The molecule has 0 radical (unpaired) electrons. The van der Waals surface area contributed by atoms with Gasteiger partial charge in [-0.1, -0.05) is 0 Å². The lowest BCUT2D eigenvalue weighted by atomic mass is 10.2. The van der Waals surface area contributed by atoms with Crippen LogP contribution in [0.4, 0.5) is 0 Å². The maximum atomic E-state index is 12.0. The number of hydrogen-bond donors (Lipinski definition) is 1. The maximum absolute atomic E-state index is 12.0. The molecule has 1 amide bonds. The summed E-state index contributed by atoms with van der Waals surface area (Å²) >= 11 is 0. The molecule has 0 saturated heterocycles. The van der Waals surface area contributed by atoms with Gasteiger partial charge < -0.3 is 5.32 Å². The van der Waals surface area contributed by atoms with Gasteiger partial charge in [0.15, 0.2) is 0 Å². The minimum absolute atomic E-state index is 0.0481. The van der Waals surface area contributed by atoms with Crippen molar-refractivity contribution in [2.75, 3.05) is 0 Å². The van der Waals surface area contributed by atoms with E-state index >= 15 is 0 Å². The van der Waals surface area contributed by atoms with E-state index in [9.17, 15) is 9.59 Å². The fraction of sp³-hybridized carbons (Fsp3) is 0.438. The Morgan fingerprint density at radius 3 is 2.83 bits per heavy atom. The van der Waals surface area contributed by atoms with Gasteiger partial charge in [0.05, 0.1) is 18.6 Å². The zero-order valence-electron chi connectivity index (χ0n) is 13.2. The van der Waals surface area contributed by atoms with Gasteiger partial charge in [-0.05, 0) is 32.8 Å². The van der Waals surface area contributed by atoms with Crippen LogP contribution in [0.2, 0.25) is 0 Å². The van der Waals surface area contributed by atoms with Crippen molar-refractivity contribution in [2.45, 2.75) is 45.7 Å². The lowest BCUT2D eigenvalue weighted by Gasteiger charge is -2.09. The second-order valence-corrected chi connectivity index (χ2v) is 5.87. The van der Waals surface area contributed by atoms with Crippen LogP contribution < -0.4 is 10.9 Å². The van der Waals surface area contributed by atoms with Gasteiger partial charge in [0, 0.05) is 22.9 Å². The van der Waals surface area contributed by atoms with Gasteiger partial charge in [0.2, 0.25) is 5.91 Å². The molecule has 1 aliphatic rings. The zero-order chi connectivity index (χ0) is 16.4. The van der Waals surface area contributed by atoms with Crippen LogP contribution in [0.1, 0.15) is 41.4 Å². The molecule has 2 aromatic rings. The topological polar surface area (TPSA) is 89.8 Å². The Balaban J connectivity index is 1.60. The number of nitrogens with zero attached hydrogens (tertiary/aromatic N) is 4.